The Morgan fingerprint density at radius 1 is 0.850 bits per heavy atom. The van der Waals surface area contributed by atoms with Crippen LogP contribution in [0.5, 0.6) is 0 Å². The van der Waals surface area contributed by atoms with Crippen LogP contribution < -0.4 is 5.11 Å². The van der Waals surface area contributed by atoms with E-state index in [4.69, 9.17) is 0 Å². The first-order chi connectivity index (χ1) is 8.38. The number of rotatable bonds is 2. The van der Waals surface area contributed by atoms with Crippen LogP contribution in [0.15, 0.2) is 4.40 Å². The Kier molecular flexibility index (Phi) is 4.38. The summed E-state index contributed by atoms with van der Waals surface area (Å²) in [5.74, 6) is -3.92. The Bertz CT molecular complexity index is 461. The van der Waals surface area contributed by atoms with Gasteiger partial charge in [0.2, 0.25) is 10.0 Å². The average molecular weight is 340 g/mol. The lowest BCUT2D eigenvalue weighted by atomic mass is 9.85. The lowest BCUT2D eigenvalue weighted by Crippen LogP contribution is -2.67. The normalized spacial score (nSPS) is 16.4. The maximum absolute atomic E-state index is 12.3. The average Bonchev–Trinajstić information content (AvgIpc) is 1.88. The second kappa shape index (κ2) is 4.66. The van der Waals surface area contributed by atoms with Gasteiger partial charge in [0.25, 0.3) is 5.41 Å². The van der Waals surface area contributed by atoms with E-state index in [1.165, 1.54) is 4.40 Å². The molecule has 0 radical (unpaired) electrons. The highest BCUT2D eigenvalue weighted by molar-refractivity contribution is 7.89. The SMILES string of the molecule is CS(=O)(=O)N=C([O-])C(C(F)(F)F)(C(F)(F)F)C(F)(F)F. The van der Waals surface area contributed by atoms with Gasteiger partial charge in [0.15, 0.2) is 0 Å². The molecule has 0 saturated heterocycles. The summed E-state index contributed by atoms with van der Waals surface area (Å²) in [6.45, 7) is 0. The van der Waals surface area contributed by atoms with Gasteiger partial charge in [-0.25, -0.2) is 8.42 Å². The van der Waals surface area contributed by atoms with E-state index in [0.29, 0.717) is 0 Å². The van der Waals surface area contributed by atoms with E-state index >= 15 is 0 Å². The van der Waals surface area contributed by atoms with Crippen LogP contribution in [0.3, 0.4) is 0 Å². The number of hydrogen-bond acceptors (Lipinski definition) is 3. The first-order valence-corrected chi connectivity index (χ1v) is 5.90. The number of halogens is 9. The third-order valence-corrected chi connectivity index (χ3v) is 2.34. The molecule has 0 aromatic carbocycles. The monoisotopic (exact) mass is 340 g/mol. The Hall–Kier alpha value is -1.21. The maximum atomic E-state index is 12.3. The molecule has 4 nitrogen and oxygen atoms in total. The van der Waals surface area contributed by atoms with Crippen LogP contribution in [-0.4, -0.2) is 39.1 Å². The molecule has 0 unspecified atom stereocenters. The van der Waals surface area contributed by atoms with E-state index in [0.717, 1.165) is 0 Å². The molecule has 0 amide bonds. The molecule has 0 aromatic rings. The van der Waals surface area contributed by atoms with Gasteiger partial charge in [0, 0.05) is 5.90 Å². The molecule has 0 heterocycles. The fourth-order valence-corrected chi connectivity index (χ4v) is 1.50. The van der Waals surface area contributed by atoms with Crippen molar-refractivity contribution in [3.8, 4) is 0 Å². The summed E-state index contributed by atoms with van der Waals surface area (Å²) in [7, 11) is -5.21. The van der Waals surface area contributed by atoms with Crippen molar-refractivity contribution in [3.05, 3.63) is 0 Å². The van der Waals surface area contributed by atoms with Gasteiger partial charge in [0.1, 0.15) is 0 Å². The van der Waals surface area contributed by atoms with Crippen molar-refractivity contribution < 1.29 is 53.0 Å². The lowest BCUT2D eigenvalue weighted by molar-refractivity contribution is -0.420. The number of hydrogen-bond donors (Lipinski definition) is 0. The van der Waals surface area contributed by atoms with Gasteiger partial charge in [-0.3, -0.25) is 0 Å². The Morgan fingerprint density at radius 3 is 1.25 bits per heavy atom. The van der Waals surface area contributed by atoms with Crippen molar-refractivity contribution in [3.63, 3.8) is 0 Å². The molecule has 0 aromatic heterocycles. The molecular formula is C6H3F9NO3S-. The minimum absolute atomic E-state index is 0.140. The summed E-state index contributed by atoms with van der Waals surface area (Å²) in [5.41, 5.74) is -6.91. The molecule has 0 aliphatic carbocycles. The van der Waals surface area contributed by atoms with Crippen LogP contribution in [0.4, 0.5) is 39.5 Å². The maximum Gasteiger partial charge on any atom is 0.416 e. The molecule has 0 aliphatic rings. The van der Waals surface area contributed by atoms with Crippen LogP contribution in [0.1, 0.15) is 0 Å². The molecule has 0 spiro atoms. The van der Waals surface area contributed by atoms with Gasteiger partial charge in [-0.15, -0.1) is 0 Å². The number of nitrogens with zero attached hydrogens (tertiary/aromatic N) is 1. The number of sulfonamides is 1. The standard InChI is InChI=1S/C6H4F9NO3S/c1-20(18,19)16-2(17)3(4(7,8)9,5(10,11)12)6(13,14)15/h1H3,(H,16,17)/p-1. The summed E-state index contributed by atoms with van der Waals surface area (Å²) in [4.78, 5) is 0. The summed E-state index contributed by atoms with van der Waals surface area (Å²) in [6.07, 6.45) is -21.7. The second-order valence-electron chi connectivity index (χ2n) is 3.37. The largest absolute Gasteiger partial charge is 0.860 e. The predicted octanol–water partition coefficient (Wildman–Crippen LogP) is 1.38. The Balaban J connectivity index is 6.75. The summed E-state index contributed by atoms with van der Waals surface area (Å²) >= 11 is 0. The van der Waals surface area contributed by atoms with E-state index in [1.54, 1.807) is 0 Å². The fraction of sp³-hybridized carbons (Fsp3) is 0.833. The van der Waals surface area contributed by atoms with Crippen molar-refractivity contribution in [1.29, 1.82) is 0 Å². The van der Waals surface area contributed by atoms with E-state index < -0.39 is 39.9 Å². The summed E-state index contributed by atoms with van der Waals surface area (Å²) < 4.78 is 133. The van der Waals surface area contributed by atoms with Crippen LogP contribution in [0.25, 0.3) is 0 Å². The van der Waals surface area contributed by atoms with Crippen molar-refractivity contribution in [2.45, 2.75) is 18.5 Å². The quantitative estimate of drug-likeness (QED) is 0.433. The van der Waals surface area contributed by atoms with Crippen LogP contribution >= 0.6 is 0 Å². The fourth-order valence-electron chi connectivity index (χ4n) is 1.06. The van der Waals surface area contributed by atoms with Gasteiger partial charge in [-0.2, -0.15) is 43.9 Å². The van der Waals surface area contributed by atoms with E-state index in [9.17, 15) is 53.0 Å². The van der Waals surface area contributed by atoms with Crippen LogP contribution in [-0.2, 0) is 10.0 Å². The van der Waals surface area contributed by atoms with Gasteiger partial charge in [-0.1, -0.05) is 0 Å². The third-order valence-electron chi connectivity index (χ3n) is 1.85. The highest BCUT2D eigenvalue weighted by Crippen LogP contribution is 2.59. The van der Waals surface area contributed by atoms with Gasteiger partial charge in [-0.05, 0) is 0 Å². The van der Waals surface area contributed by atoms with E-state index in [2.05, 4.69) is 0 Å². The molecule has 120 valence electrons. The lowest BCUT2D eigenvalue weighted by Gasteiger charge is -2.41. The van der Waals surface area contributed by atoms with Crippen LogP contribution in [0.2, 0.25) is 0 Å². The van der Waals surface area contributed by atoms with E-state index in [1.807, 2.05) is 0 Å². The summed E-state index contributed by atoms with van der Waals surface area (Å²) in [6, 6.07) is 0. The molecular weight excluding hydrogens is 337 g/mol. The molecule has 0 rings (SSSR count). The highest BCUT2D eigenvalue weighted by atomic mass is 32.2. The third kappa shape index (κ3) is 3.09. The highest BCUT2D eigenvalue weighted by Gasteiger charge is 2.84. The molecule has 0 N–H and O–H groups in total. The Morgan fingerprint density at radius 2 is 1.10 bits per heavy atom. The van der Waals surface area contributed by atoms with Crippen molar-refractivity contribution >= 4 is 15.9 Å². The molecule has 0 atom stereocenters. The Labute approximate surface area is 105 Å². The van der Waals surface area contributed by atoms with Crippen molar-refractivity contribution in [1.82, 2.24) is 0 Å². The molecule has 0 aliphatic heterocycles. The van der Waals surface area contributed by atoms with Crippen molar-refractivity contribution in [2.75, 3.05) is 6.26 Å². The minimum atomic E-state index is -7.19. The first kappa shape index (κ1) is 18.8. The van der Waals surface area contributed by atoms with Gasteiger partial charge in [0.05, 0.1) is 6.26 Å². The van der Waals surface area contributed by atoms with Gasteiger partial charge >= 0.3 is 18.5 Å². The first-order valence-electron chi connectivity index (χ1n) is 4.05. The molecule has 0 saturated carbocycles. The minimum Gasteiger partial charge on any atom is -0.860 e. The van der Waals surface area contributed by atoms with E-state index in [-0.39, 0.29) is 6.26 Å². The molecule has 0 bridgehead atoms. The predicted molar refractivity (Wildman–Crippen MR) is 42.9 cm³/mol. The number of alkyl halides is 9. The topological polar surface area (TPSA) is 69.6 Å². The van der Waals surface area contributed by atoms with Crippen molar-refractivity contribution in [2.24, 2.45) is 9.81 Å². The molecule has 14 heteroatoms. The van der Waals surface area contributed by atoms with Gasteiger partial charge < -0.3 is 5.11 Å². The zero-order chi connectivity index (χ0) is 16.8. The molecule has 20 heavy (non-hydrogen) atoms. The zero-order valence-corrected chi connectivity index (χ0v) is 9.80. The summed E-state index contributed by atoms with van der Waals surface area (Å²) in [5, 5.41) is 10.7. The smallest absolute Gasteiger partial charge is 0.416 e. The molecule has 0 fully saturated rings. The van der Waals surface area contributed by atoms with Crippen LogP contribution in [0, 0.1) is 5.41 Å². The zero-order valence-electron chi connectivity index (χ0n) is 8.98. The second-order valence-corrected chi connectivity index (χ2v) is 5.02.